The highest BCUT2D eigenvalue weighted by Crippen LogP contribution is 2.23. The molecule has 4 heteroatoms. The molecule has 1 aliphatic carbocycles. The van der Waals surface area contributed by atoms with Crippen molar-refractivity contribution in [1.82, 2.24) is 5.32 Å². The summed E-state index contributed by atoms with van der Waals surface area (Å²) in [5, 5.41) is 21.5. The zero-order valence-electron chi connectivity index (χ0n) is 12.2. The molecular formula is C17H22N2O2. The lowest BCUT2D eigenvalue weighted by atomic mass is 9.87. The van der Waals surface area contributed by atoms with E-state index in [0.29, 0.717) is 18.9 Å². The first kappa shape index (κ1) is 15.5. The molecule has 1 aliphatic rings. The Labute approximate surface area is 125 Å². The Bertz CT molecular complexity index is 487. The van der Waals surface area contributed by atoms with Gasteiger partial charge in [0.2, 0.25) is 5.91 Å². The number of aliphatic hydroxyl groups is 1. The van der Waals surface area contributed by atoms with Crippen LogP contribution in [0.15, 0.2) is 30.3 Å². The van der Waals surface area contributed by atoms with Crippen molar-refractivity contribution in [2.75, 3.05) is 6.54 Å². The summed E-state index contributed by atoms with van der Waals surface area (Å²) in [6, 6.07) is 11.7. The highest BCUT2D eigenvalue weighted by Gasteiger charge is 2.22. The van der Waals surface area contributed by atoms with E-state index in [4.69, 9.17) is 0 Å². The molecule has 0 bridgehead atoms. The summed E-state index contributed by atoms with van der Waals surface area (Å²) >= 11 is 0. The molecule has 2 rings (SSSR count). The van der Waals surface area contributed by atoms with Gasteiger partial charge in [-0.05, 0) is 43.6 Å². The Morgan fingerprint density at radius 3 is 2.57 bits per heavy atom. The van der Waals surface area contributed by atoms with Crippen LogP contribution in [0.25, 0.3) is 0 Å². The average Bonchev–Trinajstić information content (AvgIpc) is 2.52. The van der Waals surface area contributed by atoms with Gasteiger partial charge in [-0.25, -0.2) is 0 Å². The molecule has 0 spiro atoms. The largest absolute Gasteiger partial charge is 0.393 e. The first-order valence-electron chi connectivity index (χ1n) is 7.58. The number of nitrogens with zero attached hydrogens (tertiary/aromatic N) is 1. The summed E-state index contributed by atoms with van der Waals surface area (Å²) in [6.07, 6.45) is 3.78. The smallest absolute Gasteiger partial charge is 0.237 e. The van der Waals surface area contributed by atoms with Crippen molar-refractivity contribution in [3.05, 3.63) is 35.9 Å². The Kier molecular flexibility index (Phi) is 5.77. The Morgan fingerprint density at radius 1 is 1.29 bits per heavy atom. The van der Waals surface area contributed by atoms with E-state index in [-0.39, 0.29) is 12.0 Å². The lowest BCUT2D eigenvalue weighted by molar-refractivity contribution is -0.123. The second-order valence-corrected chi connectivity index (χ2v) is 5.79. The fraction of sp³-hybridized carbons (Fsp3) is 0.529. The third-order valence-electron chi connectivity index (χ3n) is 4.14. The maximum atomic E-state index is 12.1. The first-order chi connectivity index (χ1) is 10.2. The summed E-state index contributed by atoms with van der Waals surface area (Å²) in [5.74, 6) is -0.400. The predicted molar refractivity (Wildman–Crippen MR) is 80.2 cm³/mol. The van der Waals surface area contributed by atoms with E-state index in [1.807, 2.05) is 30.3 Å². The van der Waals surface area contributed by atoms with Gasteiger partial charge in [0.25, 0.3) is 0 Å². The molecule has 0 aliphatic heterocycles. The van der Waals surface area contributed by atoms with E-state index in [2.05, 4.69) is 11.4 Å². The van der Waals surface area contributed by atoms with E-state index in [1.165, 1.54) is 0 Å². The van der Waals surface area contributed by atoms with Crippen LogP contribution in [-0.2, 0) is 11.2 Å². The van der Waals surface area contributed by atoms with Gasteiger partial charge >= 0.3 is 0 Å². The maximum absolute atomic E-state index is 12.1. The van der Waals surface area contributed by atoms with Crippen molar-refractivity contribution in [2.45, 2.75) is 38.2 Å². The minimum Gasteiger partial charge on any atom is -0.393 e. The van der Waals surface area contributed by atoms with Crippen molar-refractivity contribution < 1.29 is 9.90 Å². The van der Waals surface area contributed by atoms with Crippen molar-refractivity contribution in [3.63, 3.8) is 0 Å². The lowest BCUT2D eigenvalue weighted by Crippen LogP contribution is -2.36. The van der Waals surface area contributed by atoms with Gasteiger partial charge in [0, 0.05) is 6.54 Å². The minimum atomic E-state index is -0.637. The molecule has 0 aromatic heterocycles. The SMILES string of the molecule is N#CC(Cc1ccccc1)C(=O)NCC1CCC(O)CC1. The average molecular weight is 286 g/mol. The second kappa shape index (κ2) is 7.80. The van der Waals surface area contributed by atoms with Crippen LogP contribution in [0, 0.1) is 23.2 Å². The van der Waals surface area contributed by atoms with E-state index in [9.17, 15) is 15.2 Å². The summed E-state index contributed by atoms with van der Waals surface area (Å²) in [4.78, 5) is 12.1. The molecule has 1 aromatic carbocycles. The van der Waals surface area contributed by atoms with Crippen molar-refractivity contribution in [2.24, 2.45) is 11.8 Å². The molecule has 1 fully saturated rings. The molecule has 1 atom stereocenters. The van der Waals surface area contributed by atoms with Gasteiger partial charge in [-0.15, -0.1) is 0 Å². The van der Waals surface area contributed by atoms with Gasteiger partial charge in [0.05, 0.1) is 12.2 Å². The van der Waals surface area contributed by atoms with E-state index >= 15 is 0 Å². The zero-order chi connectivity index (χ0) is 15.1. The van der Waals surface area contributed by atoms with E-state index in [1.54, 1.807) is 0 Å². The third-order valence-corrected chi connectivity index (χ3v) is 4.14. The maximum Gasteiger partial charge on any atom is 0.237 e. The van der Waals surface area contributed by atoms with Crippen LogP contribution < -0.4 is 5.32 Å². The zero-order valence-corrected chi connectivity index (χ0v) is 12.2. The number of benzene rings is 1. The van der Waals surface area contributed by atoms with Gasteiger partial charge in [-0.2, -0.15) is 5.26 Å². The van der Waals surface area contributed by atoms with Crippen molar-refractivity contribution in [3.8, 4) is 6.07 Å². The highest BCUT2D eigenvalue weighted by molar-refractivity contribution is 5.81. The molecule has 2 N–H and O–H groups in total. The van der Waals surface area contributed by atoms with Crippen LogP contribution >= 0.6 is 0 Å². The van der Waals surface area contributed by atoms with Gasteiger partial charge in [-0.1, -0.05) is 30.3 Å². The van der Waals surface area contributed by atoms with Gasteiger partial charge in [-0.3, -0.25) is 4.79 Å². The number of nitrogens with one attached hydrogen (secondary N) is 1. The summed E-state index contributed by atoms with van der Waals surface area (Å²) in [5.41, 5.74) is 1.000. The lowest BCUT2D eigenvalue weighted by Gasteiger charge is -2.25. The van der Waals surface area contributed by atoms with Crippen LogP contribution in [0.3, 0.4) is 0 Å². The van der Waals surface area contributed by atoms with Gasteiger partial charge in [0.1, 0.15) is 5.92 Å². The van der Waals surface area contributed by atoms with Crippen LogP contribution in [0.2, 0.25) is 0 Å². The number of carbonyl (C=O) groups excluding carboxylic acids is 1. The number of hydrogen-bond donors (Lipinski definition) is 2. The monoisotopic (exact) mass is 286 g/mol. The number of aliphatic hydroxyl groups excluding tert-OH is 1. The normalized spacial score (nSPS) is 23.0. The number of amides is 1. The van der Waals surface area contributed by atoms with Crippen LogP contribution in [0.5, 0.6) is 0 Å². The standard InChI is InChI=1S/C17H22N2O2/c18-11-15(10-13-4-2-1-3-5-13)17(21)19-12-14-6-8-16(20)9-7-14/h1-5,14-16,20H,6-10,12H2,(H,19,21). The molecule has 0 heterocycles. The van der Waals surface area contributed by atoms with E-state index in [0.717, 1.165) is 31.2 Å². The van der Waals surface area contributed by atoms with Crippen molar-refractivity contribution in [1.29, 1.82) is 5.26 Å². The molecule has 0 radical (unpaired) electrons. The number of hydrogen-bond acceptors (Lipinski definition) is 3. The predicted octanol–water partition coefficient (Wildman–Crippen LogP) is 2.04. The second-order valence-electron chi connectivity index (χ2n) is 5.79. The minimum absolute atomic E-state index is 0.179. The molecular weight excluding hydrogens is 264 g/mol. The fourth-order valence-corrected chi connectivity index (χ4v) is 2.76. The topological polar surface area (TPSA) is 73.1 Å². The summed E-state index contributed by atoms with van der Waals surface area (Å²) < 4.78 is 0. The first-order valence-corrected chi connectivity index (χ1v) is 7.58. The molecule has 1 saturated carbocycles. The number of nitriles is 1. The molecule has 112 valence electrons. The summed E-state index contributed by atoms with van der Waals surface area (Å²) in [7, 11) is 0. The molecule has 21 heavy (non-hydrogen) atoms. The van der Waals surface area contributed by atoms with Crippen LogP contribution in [0.4, 0.5) is 0 Å². The Balaban J connectivity index is 1.79. The van der Waals surface area contributed by atoms with E-state index < -0.39 is 5.92 Å². The number of rotatable bonds is 5. The molecule has 1 unspecified atom stereocenters. The van der Waals surface area contributed by atoms with Crippen LogP contribution in [-0.4, -0.2) is 23.7 Å². The Morgan fingerprint density at radius 2 is 1.95 bits per heavy atom. The molecule has 1 amide bonds. The quantitative estimate of drug-likeness (QED) is 0.870. The molecule has 1 aromatic rings. The van der Waals surface area contributed by atoms with Gasteiger partial charge in [0.15, 0.2) is 0 Å². The highest BCUT2D eigenvalue weighted by atomic mass is 16.3. The summed E-state index contributed by atoms with van der Waals surface area (Å²) in [6.45, 7) is 0.610. The Hall–Kier alpha value is -1.86. The fourth-order valence-electron chi connectivity index (χ4n) is 2.76. The van der Waals surface area contributed by atoms with Crippen molar-refractivity contribution >= 4 is 5.91 Å². The molecule has 4 nitrogen and oxygen atoms in total. The van der Waals surface area contributed by atoms with Crippen LogP contribution in [0.1, 0.15) is 31.2 Å². The molecule has 0 saturated heterocycles. The third kappa shape index (κ3) is 4.87. The number of carbonyl (C=O) groups is 1. The van der Waals surface area contributed by atoms with Gasteiger partial charge < -0.3 is 10.4 Å².